The van der Waals surface area contributed by atoms with Crippen LogP contribution in [0.2, 0.25) is 0 Å². The number of hydrogen-bond donors (Lipinski definition) is 1. The van der Waals surface area contributed by atoms with E-state index < -0.39 is 5.60 Å². The summed E-state index contributed by atoms with van der Waals surface area (Å²) in [4.78, 5) is 12.7. The predicted molar refractivity (Wildman–Crippen MR) is 91.4 cm³/mol. The van der Waals surface area contributed by atoms with Crippen LogP contribution in [0.5, 0.6) is 0 Å². The molecule has 7 fully saturated rings. The first-order valence-electron chi connectivity index (χ1n) is 10.2. The fourth-order valence-corrected chi connectivity index (χ4v) is 7.74. The average Bonchev–Trinajstić information content (AvgIpc) is 2.56. The Morgan fingerprint density at radius 1 is 1.04 bits per heavy atom. The van der Waals surface area contributed by atoms with Gasteiger partial charge in [-0.1, -0.05) is 20.8 Å². The Hall–Kier alpha value is -0.410. The maximum Gasteiger partial charge on any atom is 0.164 e. The van der Waals surface area contributed by atoms with Gasteiger partial charge in [0.05, 0.1) is 11.2 Å². The molecule has 1 N–H and O–H groups in total. The van der Waals surface area contributed by atoms with Gasteiger partial charge in [0.25, 0.3) is 0 Å². The van der Waals surface area contributed by atoms with Gasteiger partial charge in [0, 0.05) is 5.41 Å². The topological polar surface area (TPSA) is 46.5 Å². The number of ketones is 1. The standard InChI is InChI=1S/C21H32O3/c1-4-19(2,3)18(22)11-24-21-10-13-5-14-16(21)7-12-8-17(21)15(6-13)20(14,23)9-12/h12-17,23H,4-11H2,1-3H3. The molecule has 3 heteroatoms. The number of hydrogen-bond acceptors (Lipinski definition) is 3. The van der Waals surface area contributed by atoms with E-state index in [1.54, 1.807) is 0 Å². The highest BCUT2D eigenvalue weighted by Gasteiger charge is 2.75. The summed E-state index contributed by atoms with van der Waals surface area (Å²) in [7, 11) is 0. The van der Waals surface area contributed by atoms with E-state index in [9.17, 15) is 9.90 Å². The van der Waals surface area contributed by atoms with Crippen molar-refractivity contribution < 1.29 is 14.6 Å². The molecule has 24 heavy (non-hydrogen) atoms. The Kier molecular flexibility index (Phi) is 3.06. The molecule has 0 aromatic heterocycles. The van der Waals surface area contributed by atoms with E-state index in [0.29, 0.717) is 29.6 Å². The minimum absolute atomic E-state index is 0.0842. The molecule has 0 aliphatic heterocycles. The van der Waals surface area contributed by atoms with Crippen LogP contribution in [0.25, 0.3) is 0 Å². The third-order valence-electron chi connectivity index (χ3n) is 9.19. The van der Waals surface area contributed by atoms with Crippen LogP contribution < -0.4 is 0 Å². The van der Waals surface area contributed by atoms with Crippen LogP contribution >= 0.6 is 0 Å². The lowest BCUT2D eigenvalue weighted by Crippen LogP contribution is -2.78. The van der Waals surface area contributed by atoms with Crippen LogP contribution in [0.4, 0.5) is 0 Å². The molecular weight excluding hydrogens is 300 g/mol. The van der Waals surface area contributed by atoms with Crippen LogP contribution in [0.1, 0.15) is 65.7 Å². The second-order valence-corrected chi connectivity index (χ2v) is 10.4. The van der Waals surface area contributed by atoms with Gasteiger partial charge in [-0.15, -0.1) is 0 Å². The lowest BCUT2D eigenvalue weighted by molar-refractivity contribution is -0.350. The van der Waals surface area contributed by atoms with Gasteiger partial charge in [-0.3, -0.25) is 4.79 Å². The molecular formula is C21H32O3. The number of carbonyl (C=O) groups is 1. The molecule has 7 rings (SSSR count). The van der Waals surface area contributed by atoms with Crippen molar-refractivity contribution in [3.05, 3.63) is 0 Å². The van der Waals surface area contributed by atoms with Crippen molar-refractivity contribution in [1.82, 2.24) is 0 Å². The number of ether oxygens (including phenoxy) is 1. The maximum atomic E-state index is 12.7. The van der Waals surface area contributed by atoms with Crippen molar-refractivity contribution in [2.24, 2.45) is 40.9 Å². The molecule has 7 aliphatic carbocycles. The van der Waals surface area contributed by atoms with Gasteiger partial charge in [0.1, 0.15) is 6.61 Å². The van der Waals surface area contributed by atoms with Crippen molar-refractivity contribution in [3.8, 4) is 0 Å². The zero-order valence-electron chi connectivity index (χ0n) is 15.4. The lowest BCUT2D eigenvalue weighted by Gasteiger charge is -2.76. The smallest absolute Gasteiger partial charge is 0.164 e. The summed E-state index contributed by atoms with van der Waals surface area (Å²) < 4.78 is 6.61. The Balaban J connectivity index is 1.45. The average molecular weight is 332 g/mol. The third-order valence-corrected chi connectivity index (χ3v) is 9.19. The molecule has 7 aliphatic rings. The van der Waals surface area contributed by atoms with Crippen LogP contribution in [0, 0.1) is 40.9 Å². The Bertz CT molecular complexity index is 556. The van der Waals surface area contributed by atoms with E-state index in [-0.39, 0.29) is 23.4 Å². The molecule has 0 amide bonds. The van der Waals surface area contributed by atoms with Crippen LogP contribution in [0.3, 0.4) is 0 Å². The minimum atomic E-state index is -0.396. The molecule has 4 atom stereocenters. The minimum Gasteiger partial charge on any atom is -0.389 e. The monoisotopic (exact) mass is 332 g/mol. The number of aliphatic hydroxyl groups is 1. The number of rotatable bonds is 5. The predicted octanol–water partition coefficient (Wildman–Crippen LogP) is 3.58. The fraction of sp³-hybridized carbons (Fsp3) is 0.952. The van der Waals surface area contributed by atoms with Crippen molar-refractivity contribution in [3.63, 3.8) is 0 Å². The van der Waals surface area contributed by atoms with Crippen LogP contribution in [-0.4, -0.2) is 28.7 Å². The number of Topliss-reactive ketones (excluding diaryl/α,β-unsaturated/α-hetero) is 1. The number of carbonyl (C=O) groups excluding carboxylic acids is 1. The highest BCUT2D eigenvalue weighted by Crippen LogP contribution is 2.74. The molecule has 0 radical (unpaired) electrons. The first kappa shape index (κ1) is 15.8. The molecule has 0 saturated heterocycles. The van der Waals surface area contributed by atoms with Gasteiger partial charge in [-0.05, 0) is 80.5 Å². The maximum absolute atomic E-state index is 12.7. The summed E-state index contributed by atoms with van der Waals surface area (Å²) in [5, 5.41) is 11.5. The third kappa shape index (κ3) is 1.74. The second-order valence-electron chi connectivity index (χ2n) is 10.4. The summed E-state index contributed by atoms with van der Waals surface area (Å²) in [6, 6.07) is 0. The first-order chi connectivity index (χ1) is 11.3. The molecule has 4 unspecified atom stereocenters. The SMILES string of the molecule is CCC(C)(C)C(=O)COC12CC3CC4C1CC1CC2C(C3)C4(O)C1. The van der Waals surface area contributed by atoms with Gasteiger partial charge < -0.3 is 9.84 Å². The quantitative estimate of drug-likeness (QED) is 0.837. The molecule has 0 aromatic carbocycles. The molecule has 8 bridgehead atoms. The largest absolute Gasteiger partial charge is 0.389 e. The van der Waals surface area contributed by atoms with E-state index in [4.69, 9.17) is 4.74 Å². The zero-order chi connectivity index (χ0) is 16.9. The van der Waals surface area contributed by atoms with Gasteiger partial charge in [-0.2, -0.15) is 0 Å². The van der Waals surface area contributed by atoms with E-state index in [1.807, 2.05) is 13.8 Å². The summed E-state index contributed by atoms with van der Waals surface area (Å²) in [5.41, 5.74) is -0.760. The summed E-state index contributed by atoms with van der Waals surface area (Å²) in [6.07, 6.45) is 7.93. The van der Waals surface area contributed by atoms with Crippen molar-refractivity contribution in [1.29, 1.82) is 0 Å². The molecule has 134 valence electrons. The molecule has 0 aromatic rings. The van der Waals surface area contributed by atoms with Crippen LogP contribution in [-0.2, 0) is 9.53 Å². The second kappa shape index (κ2) is 4.65. The van der Waals surface area contributed by atoms with Crippen molar-refractivity contribution in [2.45, 2.75) is 76.9 Å². The fourth-order valence-electron chi connectivity index (χ4n) is 7.74. The molecule has 7 saturated carbocycles. The van der Waals surface area contributed by atoms with Gasteiger partial charge in [0.15, 0.2) is 5.78 Å². The summed E-state index contributed by atoms with van der Waals surface area (Å²) >= 11 is 0. The Morgan fingerprint density at radius 3 is 2.17 bits per heavy atom. The van der Waals surface area contributed by atoms with E-state index in [2.05, 4.69) is 6.92 Å². The van der Waals surface area contributed by atoms with Gasteiger partial charge in [0.2, 0.25) is 0 Å². The normalized spacial score (nSPS) is 53.8. The van der Waals surface area contributed by atoms with E-state index in [1.165, 1.54) is 25.7 Å². The van der Waals surface area contributed by atoms with Crippen LogP contribution in [0.15, 0.2) is 0 Å². The molecule has 0 heterocycles. The zero-order valence-corrected chi connectivity index (χ0v) is 15.4. The lowest BCUT2D eigenvalue weighted by atomic mass is 9.32. The van der Waals surface area contributed by atoms with Gasteiger partial charge >= 0.3 is 0 Å². The van der Waals surface area contributed by atoms with Crippen molar-refractivity contribution >= 4 is 5.78 Å². The molecule has 0 spiro atoms. The van der Waals surface area contributed by atoms with Gasteiger partial charge in [-0.25, -0.2) is 0 Å². The highest BCUT2D eigenvalue weighted by molar-refractivity contribution is 5.85. The summed E-state index contributed by atoms with van der Waals surface area (Å²) in [5.74, 6) is 3.57. The Labute approximate surface area is 145 Å². The summed E-state index contributed by atoms with van der Waals surface area (Å²) in [6.45, 7) is 6.44. The highest BCUT2D eigenvalue weighted by atomic mass is 16.5. The van der Waals surface area contributed by atoms with Crippen molar-refractivity contribution in [2.75, 3.05) is 6.61 Å². The van der Waals surface area contributed by atoms with E-state index >= 15 is 0 Å². The molecule has 3 nitrogen and oxygen atoms in total. The van der Waals surface area contributed by atoms with E-state index in [0.717, 1.165) is 25.2 Å². The Morgan fingerprint density at radius 2 is 1.58 bits per heavy atom. The first-order valence-corrected chi connectivity index (χ1v) is 10.2.